The van der Waals surface area contributed by atoms with Crippen LogP contribution in [0.4, 0.5) is 0 Å². The molecule has 7 heteroatoms. The summed E-state index contributed by atoms with van der Waals surface area (Å²) in [6.45, 7) is 6.66. The van der Waals surface area contributed by atoms with E-state index in [0.29, 0.717) is 44.5 Å². The van der Waals surface area contributed by atoms with E-state index in [1.807, 2.05) is 61.5 Å². The Kier molecular flexibility index (Phi) is 6.78. The van der Waals surface area contributed by atoms with Crippen molar-refractivity contribution in [3.05, 3.63) is 88.2 Å². The average Bonchev–Trinajstić information content (AvgIpc) is 3.16. The Balaban J connectivity index is 1.64. The molecule has 2 aromatic carbocycles. The molecule has 0 aliphatic carbocycles. The first-order valence-electron chi connectivity index (χ1n) is 11.3. The molecule has 0 amide bonds. The third kappa shape index (κ3) is 4.57. The second-order valence-electron chi connectivity index (χ2n) is 8.19. The zero-order chi connectivity index (χ0) is 25.1. The molecule has 4 rings (SSSR count). The quantitative estimate of drug-likeness (QED) is 0.288. The predicted molar refractivity (Wildman–Crippen MR) is 133 cm³/mol. The molecule has 7 nitrogen and oxygen atoms in total. The van der Waals surface area contributed by atoms with Gasteiger partial charge < -0.3 is 14.5 Å². The number of Topliss-reactive ketones (excluding diaryl/α,β-unsaturated/α-hetero) is 1. The lowest BCUT2D eigenvalue weighted by molar-refractivity contribution is 0.0473. The van der Waals surface area contributed by atoms with Crippen LogP contribution in [-0.4, -0.2) is 40.9 Å². The number of hydrogen-bond acceptors (Lipinski definition) is 6. The van der Waals surface area contributed by atoms with E-state index in [2.05, 4.69) is 4.98 Å². The molecule has 2 heterocycles. The lowest BCUT2D eigenvalue weighted by atomic mass is 9.98. The van der Waals surface area contributed by atoms with Crippen molar-refractivity contribution in [3.63, 3.8) is 0 Å². The number of fused-ring (bicyclic) bond motifs is 1. The fraction of sp³-hybridized carbons (Fsp3) is 0.214. The number of pyridine rings is 1. The number of H-pyrrole nitrogens is 1. The number of ketones is 1. The molecule has 0 aliphatic rings. The highest BCUT2D eigenvalue weighted by molar-refractivity contribution is 6.08. The summed E-state index contributed by atoms with van der Waals surface area (Å²) in [5.74, 6) is -1.55. The lowest BCUT2D eigenvalue weighted by Crippen LogP contribution is -2.17. The van der Waals surface area contributed by atoms with Crippen molar-refractivity contribution in [3.8, 4) is 11.3 Å². The molecule has 0 atom stereocenters. The summed E-state index contributed by atoms with van der Waals surface area (Å²) < 4.78 is 10.6. The lowest BCUT2D eigenvalue weighted by Gasteiger charge is -2.14. The zero-order valence-corrected chi connectivity index (χ0v) is 20.1. The maximum atomic E-state index is 13.3. The molecule has 0 fully saturated rings. The van der Waals surface area contributed by atoms with E-state index in [1.54, 1.807) is 20.8 Å². The van der Waals surface area contributed by atoms with E-state index in [0.717, 1.165) is 5.56 Å². The molecule has 0 unspecified atom stereocenters. The number of aromatic amines is 1. The predicted octanol–water partition coefficient (Wildman–Crippen LogP) is 5.37. The van der Waals surface area contributed by atoms with E-state index < -0.39 is 24.3 Å². The van der Waals surface area contributed by atoms with Crippen LogP contribution in [0, 0.1) is 20.8 Å². The van der Waals surface area contributed by atoms with Crippen molar-refractivity contribution in [1.29, 1.82) is 0 Å². The summed E-state index contributed by atoms with van der Waals surface area (Å²) in [6.07, 6.45) is 0. The molecule has 1 N–H and O–H groups in total. The highest BCUT2D eigenvalue weighted by atomic mass is 16.5. The Morgan fingerprint density at radius 1 is 0.829 bits per heavy atom. The zero-order valence-electron chi connectivity index (χ0n) is 20.1. The van der Waals surface area contributed by atoms with Gasteiger partial charge in [0, 0.05) is 16.6 Å². The number of carbonyl (C=O) groups excluding carboxylic acids is 3. The van der Waals surface area contributed by atoms with E-state index in [4.69, 9.17) is 14.5 Å². The standard InChI is InChI=1S/C28H26N2O5/c1-5-34-27(32)23-16(2)26(29-18(23)4)22(31)15-35-28(33)24-17(3)25(19-11-7-6-8-12-19)30-21-14-10-9-13-20(21)24/h6-14,29H,5,15H2,1-4H3. The van der Waals surface area contributed by atoms with Crippen molar-refractivity contribution in [2.24, 2.45) is 0 Å². The summed E-state index contributed by atoms with van der Waals surface area (Å²) in [5, 5.41) is 0.652. The maximum absolute atomic E-state index is 13.3. The van der Waals surface area contributed by atoms with Gasteiger partial charge in [0.1, 0.15) is 0 Å². The largest absolute Gasteiger partial charge is 0.462 e. The summed E-state index contributed by atoms with van der Waals surface area (Å²) >= 11 is 0. The SMILES string of the molecule is CCOC(=O)c1c(C)[nH]c(C(=O)COC(=O)c2c(C)c(-c3ccccc3)nc3ccccc23)c1C. The Bertz CT molecular complexity index is 1440. The highest BCUT2D eigenvalue weighted by Crippen LogP contribution is 2.30. The number of benzene rings is 2. The molecule has 178 valence electrons. The van der Waals surface area contributed by atoms with Gasteiger partial charge in [-0.25, -0.2) is 14.6 Å². The topological polar surface area (TPSA) is 98.4 Å². The Morgan fingerprint density at radius 3 is 2.20 bits per heavy atom. The number of hydrogen-bond donors (Lipinski definition) is 1. The summed E-state index contributed by atoms with van der Waals surface area (Å²) in [7, 11) is 0. The first kappa shape index (κ1) is 23.9. The van der Waals surface area contributed by atoms with Gasteiger partial charge in [-0.15, -0.1) is 0 Å². The highest BCUT2D eigenvalue weighted by Gasteiger charge is 2.25. The molecule has 0 bridgehead atoms. The van der Waals surface area contributed by atoms with Gasteiger partial charge in [-0.1, -0.05) is 48.5 Å². The van der Waals surface area contributed by atoms with Crippen LogP contribution in [0.15, 0.2) is 54.6 Å². The molecule has 0 saturated carbocycles. The fourth-order valence-corrected chi connectivity index (χ4v) is 4.26. The van der Waals surface area contributed by atoms with Crippen molar-refractivity contribution < 1.29 is 23.9 Å². The number of para-hydroxylation sites is 1. The molecular formula is C28H26N2O5. The van der Waals surface area contributed by atoms with Crippen molar-refractivity contribution in [1.82, 2.24) is 9.97 Å². The number of carbonyl (C=O) groups is 3. The van der Waals surface area contributed by atoms with Crippen LogP contribution in [-0.2, 0) is 9.47 Å². The van der Waals surface area contributed by atoms with Crippen molar-refractivity contribution >= 4 is 28.6 Å². The fourth-order valence-electron chi connectivity index (χ4n) is 4.26. The Morgan fingerprint density at radius 2 is 1.49 bits per heavy atom. The molecule has 0 radical (unpaired) electrons. The van der Waals surface area contributed by atoms with E-state index >= 15 is 0 Å². The van der Waals surface area contributed by atoms with E-state index in [1.165, 1.54) is 0 Å². The minimum absolute atomic E-state index is 0.222. The second-order valence-corrected chi connectivity index (χ2v) is 8.19. The van der Waals surface area contributed by atoms with Gasteiger partial charge in [-0.2, -0.15) is 0 Å². The van der Waals surface area contributed by atoms with Gasteiger partial charge >= 0.3 is 11.9 Å². The summed E-state index contributed by atoms with van der Waals surface area (Å²) in [5.41, 5.74) is 4.80. The molecule has 0 saturated heterocycles. The number of aromatic nitrogens is 2. The molecule has 2 aromatic heterocycles. The minimum atomic E-state index is -0.613. The van der Waals surface area contributed by atoms with Crippen molar-refractivity contribution in [2.75, 3.05) is 13.2 Å². The van der Waals surface area contributed by atoms with Gasteiger partial charge in [0.05, 0.1) is 34.6 Å². The number of ether oxygens (including phenoxy) is 2. The van der Waals surface area contributed by atoms with Gasteiger partial charge in [0.15, 0.2) is 6.61 Å². The summed E-state index contributed by atoms with van der Waals surface area (Å²) in [4.78, 5) is 46.1. The minimum Gasteiger partial charge on any atom is -0.462 e. The molecule has 4 aromatic rings. The third-order valence-corrected chi connectivity index (χ3v) is 5.92. The number of esters is 2. The van der Waals surface area contributed by atoms with Crippen LogP contribution in [0.1, 0.15) is 54.9 Å². The van der Waals surface area contributed by atoms with Gasteiger partial charge in [-0.05, 0) is 44.9 Å². The van der Waals surface area contributed by atoms with E-state index in [-0.39, 0.29) is 12.3 Å². The maximum Gasteiger partial charge on any atom is 0.340 e. The first-order chi connectivity index (χ1) is 16.8. The first-order valence-corrected chi connectivity index (χ1v) is 11.3. The smallest absolute Gasteiger partial charge is 0.340 e. The summed E-state index contributed by atoms with van der Waals surface area (Å²) in [6, 6.07) is 16.9. The van der Waals surface area contributed by atoms with Crippen LogP contribution in [0.25, 0.3) is 22.2 Å². The molecule has 0 spiro atoms. The van der Waals surface area contributed by atoms with E-state index in [9.17, 15) is 14.4 Å². The second kappa shape index (κ2) is 9.93. The van der Waals surface area contributed by atoms with Crippen LogP contribution in [0.3, 0.4) is 0 Å². The van der Waals surface area contributed by atoms with Crippen LogP contribution < -0.4 is 0 Å². The van der Waals surface area contributed by atoms with Crippen LogP contribution in [0.2, 0.25) is 0 Å². The average molecular weight is 471 g/mol. The van der Waals surface area contributed by atoms with Crippen LogP contribution in [0.5, 0.6) is 0 Å². The van der Waals surface area contributed by atoms with Crippen LogP contribution >= 0.6 is 0 Å². The molecule has 35 heavy (non-hydrogen) atoms. The molecule has 0 aliphatic heterocycles. The third-order valence-electron chi connectivity index (χ3n) is 5.92. The van der Waals surface area contributed by atoms with Gasteiger partial charge in [0.25, 0.3) is 0 Å². The van der Waals surface area contributed by atoms with Crippen molar-refractivity contribution in [2.45, 2.75) is 27.7 Å². The van der Waals surface area contributed by atoms with Gasteiger partial charge in [-0.3, -0.25) is 4.79 Å². The number of aryl methyl sites for hydroxylation is 1. The number of nitrogens with one attached hydrogen (secondary N) is 1. The number of nitrogens with zero attached hydrogens (tertiary/aromatic N) is 1. The normalized spacial score (nSPS) is 10.9. The monoisotopic (exact) mass is 470 g/mol. The molecular weight excluding hydrogens is 444 g/mol. The van der Waals surface area contributed by atoms with Gasteiger partial charge in [0.2, 0.25) is 5.78 Å². The Hall–Kier alpha value is -4.26. The number of rotatable bonds is 7. The Labute approximate surface area is 203 Å².